The van der Waals surface area contributed by atoms with E-state index in [-0.39, 0.29) is 0 Å². The Balaban J connectivity index is 1.67. The first-order valence-electron chi connectivity index (χ1n) is 6.30. The zero-order valence-electron chi connectivity index (χ0n) is 9.85. The van der Waals surface area contributed by atoms with Crippen LogP contribution in [0.5, 0.6) is 0 Å². The minimum absolute atomic E-state index is 0.479. The summed E-state index contributed by atoms with van der Waals surface area (Å²) in [5.41, 5.74) is 1.10. The highest BCUT2D eigenvalue weighted by Gasteiger charge is 2.29. The van der Waals surface area contributed by atoms with Crippen molar-refractivity contribution in [2.45, 2.75) is 25.3 Å². The molecular weight excluding hydrogens is 236 g/mol. The summed E-state index contributed by atoms with van der Waals surface area (Å²) in [5, 5.41) is 8.18. The fourth-order valence-corrected chi connectivity index (χ4v) is 3.04. The molecule has 2 aliphatic heterocycles. The second-order valence-corrected chi connectivity index (χ2v) is 5.26. The molecule has 1 aromatic heterocycles. The Morgan fingerprint density at radius 2 is 2.06 bits per heavy atom. The maximum atomic E-state index is 5.88. The second-order valence-electron chi connectivity index (χ2n) is 4.87. The molecule has 0 amide bonds. The van der Waals surface area contributed by atoms with Gasteiger partial charge >= 0.3 is 0 Å². The number of aromatic nitrogens is 2. The topological polar surface area (TPSA) is 32.3 Å². The third-order valence-corrected chi connectivity index (χ3v) is 3.98. The minimum Gasteiger partial charge on any atom is -0.369 e. The molecule has 0 aromatic carbocycles. The van der Waals surface area contributed by atoms with Crippen molar-refractivity contribution in [3.05, 3.63) is 17.4 Å². The summed E-state index contributed by atoms with van der Waals surface area (Å²) in [6.07, 6.45) is 5.77. The molecule has 2 aliphatic rings. The lowest BCUT2D eigenvalue weighted by atomic mass is 10.2. The van der Waals surface area contributed by atoms with Gasteiger partial charge < -0.3 is 4.90 Å². The largest absolute Gasteiger partial charge is 0.369 e. The Kier molecular flexibility index (Phi) is 3.16. The van der Waals surface area contributed by atoms with Crippen LogP contribution >= 0.6 is 11.6 Å². The summed E-state index contributed by atoms with van der Waals surface area (Å²) in [4.78, 5) is 4.99. The molecule has 1 atom stereocenters. The van der Waals surface area contributed by atoms with E-state index in [9.17, 15) is 0 Å². The predicted octanol–water partition coefficient (Wildman–Crippen LogP) is 1.80. The summed E-state index contributed by atoms with van der Waals surface area (Å²) in [6.45, 7) is 4.74. The molecule has 3 rings (SSSR count). The zero-order valence-corrected chi connectivity index (χ0v) is 10.6. The highest BCUT2D eigenvalue weighted by molar-refractivity contribution is 6.29. The van der Waals surface area contributed by atoms with Gasteiger partial charge in [-0.15, -0.1) is 5.10 Å². The quantitative estimate of drug-likeness (QED) is 0.804. The number of nitrogens with zero attached hydrogens (tertiary/aromatic N) is 4. The molecule has 1 unspecified atom stereocenters. The highest BCUT2D eigenvalue weighted by Crippen LogP contribution is 2.25. The fourth-order valence-electron chi connectivity index (χ4n) is 2.89. The van der Waals surface area contributed by atoms with Crippen LogP contribution in [0.25, 0.3) is 0 Å². The Morgan fingerprint density at radius 3 is 2.82 bits per heavy atom. The van der Waals surface area contributed by atoms with Crippen molar-refractivity contribution >= 4 is 17.3 Å². The molecule has 92 valence electrons. The Labute approximate surface area is 107 Å². The molecule has 0 radical (unpaired) electrons. The van der Waals surface area contributed by atoms with Crippen LogP contribution in [0.3, 0.4) is 0 Å². The number of halogens is 1. The molecule has 0 bridgehead atoms. The molecule has 3 heterocycles. The number of rotatable bonds is 2. The van der Waals surface area contributed by atoms with Gasteiger partial charge in [0, 0.05) is 25.2 Å². The molecule has 5 heteroatoms. The Morgan fingerprint density at radius 1 is 1.24 bits per heavy atom. The lowest BCUT2D eigenvalue weighted by Crippen LogP contribution is -2.35. The van der Waals surface area contributed by atoms with E-state index in [1.54, 1.807) is 6.20 Å². The smallest absolute Gasteiger partial charge is 0.153 e. The molecule has 0 spiro atoms. The molecule has 2 saturated heterocycles. The minimum atomic E-state index is 0.479. The van der Waals surface area contributed by atoms with Crippen molar-refractivity contribution in [2.75, 3.05) is 31.1 Å². The van der Waals surface area contributed by atoms with Crippen molar-refractivity contribution in [3.8, 4) is 0 Å². The van der Waals surface area contributed by atoms with E-state index in [1.807, 2.05) is 6.07 Å². The number of hydrogen-bond acceptors (Lipinski definition) is 4. The lowest BCUT2D eigenvalue weighted by molar-refractivity contribution is 0.260. The summed E-state index contributed by atoms with van der Waals surface area (Å²) < 4.78 is 0. The van der Waals surface area contributed by atoms with E-state index in [4.69, 9.17) is 11.6 Å². The number of anilines is 1. The Bertz CT molecular complexity index is 392. The monoisotopic (exact) mass is 252 g/mol. The third-order valence-electron chi connectivity index (χ3n) is 3.80. The molecule has 0 aliphatic carbocycles. The van der Waals surface area contributed by atoms with Crippen LogP contribution in [0.1, 0.15) is 19.3 Å². The third kappa shape index (κ3) is 2.38. The molecule has 17 heavy (non-hydrogen) atoms. The summed E-state index contributed by atoms with van der Waals surface area (Å²) in [5.74, 6) is 0. The van der Waals surface area contributed by atoms with Crippen molar-refractivity contribution in [1.29, 1.82) is 0 Å². The van der Waals surface area contributed by atoms with Crippen molar-refractivity contribution in [1.82, 2.24) is 15.1 Å². The van der Waals surface area contributed by atoms with E-state index in [0.29, 0.717) is 11.2 Å². The lowest BCUT2D eigenvalue weighted by Gasteiger charge is -2.24. The maximum Gasteiger partial charge on any atom is 0.153 e. The van der Waals surface area contributed by atoms with Gasteiger partial charge in [0.25, 0.3) is 0 Å². The first-order valence-corrected chi connectivity index (χ1v) is 6.68. The van der Waals surface area contributed by atoms with E-state index in [1.165, 1.54) is 32.4 Å². The summed E-state index contributed by atoms with van der Waals surface area (Å²) in [6, 6.07) is 2.62. The van der Waals surface area contributed by atoms with Gasteiger partial charge in [0.2, 0.25) is 0 Å². The molecule has 1 aromatic rings. The summed E-state index contributed by atoms with van der Waals surface area (Å²) >= 11 is 5.88. The first kappa shape index (κ1) is 11.2. The van der Waals surface area contributed by atoms with Gasteiger partial charge in [-0.1, -0.05) is 11.6 Å². The standard InChI is InChI=1S/C12H17ClN4/c13-12-7-11(8-14-15-12)17-6-3-10(9-17)16-4-1-2-5-16/h7-8,10H,1-6,9H2. The molecular formula is C12H17ClN4. The van der Waals surface area contributed by atoms with Gasteiger partial charge in [-0.05, 0) is 32.4 Å². The SMILES string of the molecule is Clc1cc(N2CCC(N3CCCC3)C2)cnn1. The van der Waals surface area contributed by atoms with Gasteiger partial charge in [0.05, 0.1) is 11.9 Å². The van der Waals surface area contributed by atoms with E-state index >= 15 is 0 Å². The molecule has 0 saturated carbocycles. The summed E-state index contributed by atoms with van der Waals surface area (Å²) in [7, 11) is 0. The second kappa shape index (κ2) is 4.78. The number of hydrogen-bond donors (Lipinski definition) is 0. The normalized spacial score (nSPS) is 25.7. The fraction of sp³-hybridized carbons (Fsp3) is 0.667. The molecule has 0 N–H and O–H groups in total. The van der Waals surface area contributed by atoms with E-state index in [0.717, 1.165) is 18.8 Å². The van der Waals surface area contributed by atoms with Crippen molar-refractivity contribution in [3.63, 3.8) is 0 Å². The Hall–Kier alpha value is -0.870. The predicted molar refractivity (Wildman–Crippen MR) is 68.5 cm³/mol. The zero-order chi connectivity index (χ0) is 11.7. The van der Waals surface area contributed by atoms with Crippen LogP contribution in [0.2, 0.25) is 5.15 Å². The molecule has 4 nitrogen and oxygen atoms in total. The van der Waals surface area contributed by atoms with Crippen LogP contribution in [-0.4, -0.2) is 47.3 Å². The molecule has 2 fully saturated rings. The van der Waals surface area contributed by atoms with Crippen molar-refractivity contribution < 1.29 is 0 Å². The van der Waals surface area contributed by atoms with Crippen LogP contribution < -0.4 is 4.90 Å². The van der Waals surface area contributed by atoms with Gasteiger partial charge in [0.15, 0.2) is 5.15 Å². The van der Waals surface area contributed by atoms with E-state index < -0.39 is 0 Å². The van der Waals surface area contributed by atoms with Crippen LogP contribution in [0.4, 0.5) is 5.69 Å². The van der Waals surface area contributed by atoms with Crippen LogP contribution in [0, 0.1) is 0 Å². The van der Waals surface area contributed by atoms with Gasteiger partial charge in [0.1, 0.15) is 0 Å². The maximum absolute atomic E-state index is 5.88. The first-order chi connectivity index (χ1) is 8.33. The number of likely N-dealkylation sites (tertiary alicyclic amines) is 1. The van der Waals surface area contributed by atoms with Crippen molar-refractivity contribution in [2.24, 2.45) is 0 Å². The average molecular weight is 253 g/mol. The van der Waals surface area contributed by atoms with Crippen LogP contribution in [0.15, 0.2) is 12.3 Å². The van der Waals surface area contributed by atoms with E-state index in [2.05, 4.69) is 20.0 Å². The van der Waals surface area contributed by atoms with Crippen LogP contribution in [-0.2, 0) is 0 Å². The van der Waals surface area contributed by atoms with Gasteiger partial charge in [-0.2, -0.15) is 5.10 Å². The average Bonchev–Trinajstić information content (AvgIpc) is 3.00. The van der Waals surface area contributed by atoms with Gasteiger partial charge in [-0.3, -0.25) is 4.90 Å². The highest BCUT2D eigenvalue weighted by atomic mass is 35.5. The van der Waals surface area contributed by atoms with Gasteiger partial charge in [-0.25, -0.2) is 0 Å².